The third-order valence-electron chi connectivity index (χ3n) is 6.18. The summed E-state index contributed by atoms with van der Waals surface area (Å²) in [6.07, 6.45) is 4.94. The Labute approximate surface area is 215 Å². The summed E-state index contributed by atoms with van der Waals surface area (Å²) in [5.41, 5.74) is 4.51. The molecule has 0 spiro atoms. The Morgan fingerprint density at radius 2 is 1.89 bits per heavy atom. The zero-order chi connectivity index (χ0) is 24.4. The molecule has 2 amide bonds. The molecule has 0 fully saturated rings. The van der Waals surface area contributed by atoms with Gasteiger partial charge in [0.15, 0.2) is 0 Å². The quantitative estimate of drug-likeness (QED) is 0.380. The number of halogens is 1. The fraction of sp³-hybridized carbons (Fsp3) is 0.179. The second kappa shape index (κ2) is 10.7. The number of nitrogens with one attached hydrogen (secondary N) is 1. The molecule has 1 aliphatic heterocycles. The van der Waals surface area contributed by atoms with Gasteiger partial charge in [-0.15, -0.1) is 12.4 Å². The van der Waals surface area contributed by atoms with Crippen molar-refractivity contribution in [2.24, 2.45) is 0 Å². The maximum Gasteiger partial charge on any atom is 0.246 e. The summed E-state index contributed by atoms with van der Waals surface area (Å²) >= 11 is 0. The van der Waals surface area contributed by atoms with E-state index in [0.717, 1.165) is 39.1 Å². The van der Waals surface area contributed by atoms with E-state index in [1.807, 2.05) is 72.5 Å². The number of aromatic nitrogens is 1. The average molecular weight is 503 g/mol. The number of aryl methyl sites for hydroxylation is 1. The lowest BCUT2D eigenvalue weighted by molar-refractivity contribution is -0.125. The lowest BCUT2D eigenvalue weighted by atomic mass is 10.1. The van der Waals surface area contributed by atoms with Gasteiger partial charge < -0.3 is 19.5 Å². The number of anilines is 2. The summed E-state index contributed by atoms with van der Waals surface area (Å²) in [6.45, 7) is 3.17. The Balaban J connectivity index is 0.00000304. The van der Waals surface area contributed by atoms with Crippen molar-refractivity contribution >= 4 is 52.8 Å². The molecule has 184 valence electrons. The third-order valence-corrected chi connectivity index (χ3v) is 6.18. The van der Waals surface area contributed by atoms with Crippen LogP contribution in [0, 0.1) is 6.92 Å². The van der Waals surface area contributed by atoms with Crippen molar-refractivity contribution in [3.8, 4) is 0 Å². The van der Waals surface area contributed by atoms with Gasteiger partial charge >= 0.3 is 0 Å². The lowest BCUT2D eigenvalue weighted by Gasteiger charge is -2.21. The molecule has 0 atom stereocenters. The molecule has 0 unspecified atom stereocenters. The number of hydrogen-bond acceptors (Lipinski definition) is 5. The first-order chi connectivity index (χ1) is 17.0. The van der Waals surface area contributed by atoms with Gasteiger partial charge in [-0.2, -0.15) is 0 Å². The molecule has 8 heteroatoms. The summed E-state index contributed by atoms with van der Waals surface area (Å²) in [5, 5.41) is 3.94. The van der Waals surface area contributed by atoms with Crippen LogP contribution in [0.15, 0.2) is 77.4 Å². The molecule has 0 saturated carbocycles. The van der Waals surface area contributed by atoms with Crippen LogP contribution < -0.4 is 10.2 Å². The summed E-state index contributed by atoms with van der Waals surface area (Å²) in [4.78, 5) is 33.2. The molecule has 4 aromatic rings. The fourth-order valence-electron chi connectivity index (χ4n) is 4.24. The van der Waals surface area contributed by atoms with Gasteiger partial charge in [-0.25, -0.2) is 4.98 Å². The van der Waals surface area contributed by atoms with Gasteiger partial charge in [-0.3, -0.25) is 9.59 Å². The lowest BCUT2D eigenvalue weighted by Crippen LogP contribution is -2.29. The minimum absolute atomic E-state index is 0. The molecule has 5 rings (SSSR count). The molecule has 1 N–H and O–H groups in total. The summed E-state index contributed by atoms with van der Waals surface area (Å²) < 4.78 is 5.94. The highest BCUT2D eigenvalue weighted by Gasteiger charge is 2.21. The van der Waals surface area contributed by atoms with Crippen molar-refractivity contribution in [3.63, 3.8) is 0 Å². The first kappa shape index (κ1) is 25.0. The minimum Gasteiger partial charge on any atom is -0.459 e. The Bertz CT molecular complexity index is 1430. The molecule has 7 nitrogen and oxygen atoms in total. The van der Waals surface area contributed by atoms with E-state index in [1.54, 1.807) is 24.2 Å². The molecular weight excluding hydrogens is 476 g/mol. The van der Waals surface area contributed by atoms with E-state index >= 15 is 0 Å². The van der Waals surface area contributed by atoms with Crippen molar-refractivity contribution in [1.82, 2.24) is 9.88 Å². The highest BCUT2D eigenvalue weighted by Crippen LogP contribution is 2.26. The highest BCUT2D eigenvalue weighted by atomic mass is 35.5. The van der Waals surface area contributed by atoms with E-state index in [2.05, 4.69) is 10.3 Å². The van der Waals surface area contributed by atoms with Crippen LogP contribution in [-0.4, -0.2) is 35.3 Å². The van der Waals surface area contributed by atoms with Gasteiger partial charge in [0.25, 0.3) is 0 Å². The summed E-state index contributed by atoms with van der Waals surface area (Å²) in [6, 6.07) is 19.6. The van der Waals surface area contributed by atoms with Crippen molar-refractivity contribution in [3.05, 3.63) is 95.4 Å². The van der Waals surface area contributed by atoms with Gasteiger partial charge in [0.05, 0.1) is 13.1 Å². The topological polar surface area (TPSA) is 78.7 Å². The van der Waals surface area contributed by atoms with Gasteiger partial charge in [-0.1, -0.05) is 36.4 Å². The maximum atomic E-state index is 12.8. The second-order valence-electron chi connectivity index (χ2n) is 8.69. The molecule has 0 aliphatic carbocycles. The van der Waals surface area contributed by atoms with E-state index in [9.17, 15) is 9.59 Å². The van der Waals surface area contributed by atoms with Crippen LogP contribution in [0.5, 0.6) is 0 Å². The Kier molecular flexibility index (Phi) is 7.41. The fourth-order valence-corrected chi connectivity index (χ4v) is 4.24. The van der Waals surface area contributed by atoms with E-state index < -0.39 is 0 Å². The van der Waals surface area contributed by atoms with E-state index in [-0.39, 0.29) is 30.8 Å². The zero-order valence-corrected chi connectivity index (χ0v) is 20.9. The molecule has 1 aliphatic rings. The van der Waals surface area contributed by atoms with Crippen LogP contribution in [-0.2, 0) is 22.7 Å². The smallest absolute Gasteiger partial charge is 0.246 e. The van der Waals surface area contributed by atoms with Crippen molar-refractivity contribution in [2.45, 2.75) is 20.0 Å². The summed E-state index contributed by atoms with van der Waals surface area (Å²) in [7, 11) is 1.75. The largest absolute Gasteiger partial charge is 0.459 e. The van der Waals surface area contributed by atoms with Crippen molar-refractivity contribution < 1.29 is 14.0 Å². The molecule has 3 heterocycles. The number of hydrogen-bond donors (Lipinski definition) is 1. The minimum atomic E-state index is -0.140. The zero-order valence-electron chi connectivity index (χ0n) is 20.1. The van der Waals surface area contributed by atoms with Crippen LogP contribution >= 0.6 is 12.4 Å². The number of benzene rings is 2. The number of amides is 2. The maximum absolute atomic E-state index is 12.8. The number of pyridine rings is 1. The van der Waals surface area contributed by atoms with Gasteiger partial charge in [0.2, 0.25) is 11.8 Å². The van der Waals surface area contributed by atoms with Crippen LogP contribution in [0.4, 0.5) is 11.5 Å². The Morgan fingerprint density at radius 1 is 1.14 bits per heavy atom. The van der Waals surface area contributed by atoms with Crippen molar-refractivity contribution in [2.75, 3.05) is 23.8 Å². The van der Waals surface area contributed by atoms with Crippen LogP contribution in [0.1, 0.15) is 22.5 Å². The van der Waals surface area contributed by atoms with Crippen LogP contribution in [0.2, 0.25) is 0 Å². The number of furan rings is 1. The molecule has 2 aromatic carbocycles. The molecule has 36 heavy (non-hydrogen) atoms. The standard InChI is InChI=1S/C28H26N4O3.ClH/c1-19-23-10-6-7-11-24(23)35-25(19)17-31(2)27(34)13-12-20-14-21-16-32(22-8-4-3-5-9-22)18-26(33)30-28(21)29-15-20;/h3-15H,16-18H2,1-2H3,(H,29,30,33);1H/b13-12+;. The molecule has 0 radical (unpaired) electrons. The SMILES string of the molecule is Cc1c(CN(C)C(=O)/C=C/c2cnc3c(c2)CN(c2ccccc2)CC(=O)N3)oc2ccccc12.Cl. The molecule has 2 aromatic heterocycles. The van der Waals surface area contributed by atoms with Crippen LogP contribution in [0.3, 0.4) is 0 Å². The highest BCUT2D eigenvalue weighted by molar-refractivity contribution is 5.95. The number of fused-ring (bicyclic) bond motifs is 2. The van der Waals surface area contributed by atoms with Gasteiger partial charge in [0, 0.05) is 48.1 Å². The number of carbonyl (C=O) groups is 2. The van der Waals surface area contributed by atoms with E-state index in [4.69, 9.17) is 4.42 Å². The predicted octanol–water partition coefficient (Wildman–Crippen LogP) is 5.19. The molecule has 0 bridgehead atoms. The van der Waals surface area contributed by atoms with Crippen molar-refractivity contribution in [1.29, 1.82) is 0 Å². The Morgan fingerprint density at radius 3 is 2.67 bits per heavy atom. The number of nitrogens with zero attached hydrogens (tertiary/aromatic N) is 3. The Hall–Kier alpha value is -4.10. The average Bonchev–Trinajstić information content (AvgIpc) is 3.07. The monoisotopic (exact) mass is 502 g/mol. The van der Waals surface area contributed by atoms with E-state index in [1.165, 1.54) is 6.08 Å². The van der Waals surface area contributed by atoms with Gasteiger partial charge in [0.1, 0.15) is 17.2 Å². The van der Waals surface area contributed by atoms with Crippen LogP contribution in [0.25, 0.3) is 17.0 Å². The number of likely N-dealkylation sites (N-methyl/N-ethyl adjacent to an activating group) is 1. The third kappa shape index (κ3) is 5.26. The number of para-hydroxylation sites is 2. The number of rotatable bonds is 5. The molecular formula is C28H27ClN4O3. The normalized spacial score (nSPS) is 13.2. The number of carbonyl (C=O) groups excluding carboxylic acids is 2. The first-order valence-electron chi connectivity index (χ1n) is 11.5. The van der Waals surface area contributed by atoms with E-state index in [0.29, 0.717) is 18.9 Å². The second-order valence-corrected chi connectivity index (χ2v) is 8.69. The van der Waals surface area contributed by atoms with Gasteiger partial charge in [-0.05, 0) is 42.8 Å². The first-order valence-corrected chi connectivity index (χ1v) is 11.5. The summed E-state index contributed by atoms with van der Waals surface area (Å²) in [5.74, 6) is 1.08. The predicted molar refractivity (Wildman–Crippen MR) is 144 cm³/mol. The molecule has 0 saturated heterocycles.